The number of benzene rings is 2. The van der Waals surface area contributed by atoms with Gasteiger partial charge in [0, 0.05) is 19.4 Å². The molecule has 1 aliphatic heterocycles. The van der Waals surface area contributed by atoms with Gasteiger partial charge in [0.25, 0.3) is 0 Å². The average Bonchev–Trinajstić information content (AvgIpc) is 3.44. The zero-order chi connectivity index (χ0) is 25.3. The number of nitrogens with one attached hydrogen (secondary N) is 1. The molecule has 0 atom stereocenters. The molecule has 0 fully saturated rings. The summed E-state index contributed by atoms with van der Waals surface area (Å²) in [6.45, 7) is 8.35. The van der Waals surface area contributed by atoms with Gasteiger partial charge in [-0.05, 0) is 69.9 Å². The number of nitrogens with zero attached hydrogens (tertiary/aromatic N) is 5. The minimum absolute atomic E-state index is 0.141. The van der Waals surface area contributed by atoms with E-state index in [1.54, 1.807) is 0 Å². The predicted octanol–water partition coefficient (Wildman–Crippen LogP) is 5.58. The van der Waals surface area contributed by atoms with Crippen molar-refractivity contribution in [2.45, 2.75) is 65.4 Å². The molecular formula is C28H32N6O2. The van der Waals surface area contributed by atoms with E-state index in [1.807, 2.05) is 38.2 Å². The summed E-state index contributed by atoms with van der Waals surface area (Å²) >= 11 is 0. The van der Waals surface area contributed by atoms with Crippen molar-refractivity contribution in [3.8, 4) is 0 Å². The molecule has 36 heavy (non-hydrogen) atoms. The molecule has 1 aliphatic rings. The fourth-order valence-corrected chi connectivity index (χ4v) is 4.55. The molecule has 2 aromatic heterocycles. The van der Waals surface area contributed by atoms with Crippen LogP contribution in [0.15, 0.2) is 47.5 Å². The van der Waals surface area contributed by atoms with E-state index in [9.17, 15) is 4.79 Å². The Morgan fingerprint density at radius 1 is 1.08 bits per heavy atom. The standard InChI is InChI=1S/C28H32N6O2/c1-18-32-33-27-26(29-15-9-5-6-12-25(35)36-28(2,3)4)31-23-17-20(13-14-24(23)34(18)27)22-16-19-10-7-8-11-21(19)30-22/h7-8,10-11,13-14,17H,5-6,9,12,15-16H2,1-4H3,(H,29,31). The number of anilines is 1. The van der Waals surface area contributed by atoms with Gasteiger partial charge in [-0.1, -0.05) is 30.7 Å². The lowest BCUT2D eigenvalue weighted by Gasteiger charge is -2.19. The Kier molecular flexibility index (Phi) is 6.43. The minimum atomic E-state index is -0.434. The summed E-state index contributed by atoms with van der Waals surface area (Å²) in [4.78, 5) is 21.7. The van der Waals surface area contributed by atoms with Gasteiger partial charge in [-0.25, -0.2) is 4.98 Å². The molecule has 8 heteroatoms. The van der Waals surface area contributed by atoms with Gasteiger partial charge in [-0.15, -0.1) is 10.2 Å². The molecule has 4 aromatic rings. The summed E-state index contributed by atoms with van der Waals surface area (Å²) in [6.07, 6.45) is 3.90. The van der Waals surface area contributed by atoms with E-state index in [1.165, 1.54) is 5.56 Å². The number of aromatic nitrogens is 4. The lowest BCUT2D eigenvalue weighted by Crippen LogP contribution is -2.23. The number of aliphatic imine (C=N–C) groups is 1. The van der Waals surface area contributed by atoms with E-state index in [0.717, 1.165) is 66.0 Å². The van der Waals surface area contributed by atoms with Gasteiger partial charge in [0.1, 0.15) is 11.4 Å². The highest BCUT2D eigenvalue weighted by atomic mass is 16.6. The monoisotopic (exact) mass is 484 g/mol. The van der Waals surface area contributed by atoms with Crippen LogP contribution in [0.25, 0.3) is 16.7 Å². The van der Waals surface area contributed by atoms with Crippen LogP contribution >= 0.6 is 0 Å². The largest absolute Gasteiger partial charge is 0.460 e. The molecule has 3 heterocycles. The number of ether oxygens (including phenoxy) is 1. The van der Waals surface area contributed by atoms with Crippen molar-refractivity contribution in [2.24, 2.45) is 4.99 Å². The van der Waals surface area contributed by atoms with Crippen molar-refractivity contribution in [3.05, 3.63) is 59.4 Å². The van der Waals surface area contributed by atoms with Crippen LogP contribution in [-0.4, -0.2) is 43.4 Å². The van der Waals surface area contributed by atoms with Crippen LogP contribution in [0.3, 0.4) is 0 Å². The molecule has 5 rings (SSSR count). The lowest BCUT2D eigenvalue weighted by atomic mass is 10.0. The highest BCUT2D eigenvalue weighted by Gasteiger charge is 2.18. The second kappa shape index (κ2) is 9.68. The van der Waals surface area contributed by atoms with Crippen LogP contribution in [0.4, 0.5) is 11.5 Å². The van der Waals surface area contributed by atoms with E-state index in [0.29, 0.717) is 17.9 Å². The Bertz CT molecular complexity index is 1460. The summed E-state index contributed by atoms with van der Waals surface area (Å²) in [5.74, 6) is 1.39. The van der Waals surface area contributed by atoms with Crippen molar-refractivity contribution in [1.29, 1.82) is 0 Å². The number of fused-ring (bicyclic) bond motifs is 4. The number of rotatable bonds is 8. The fourth-order valence-electron chi connectivity index (χ4n) is 4.55. The van der Waals surface area contributed by atoms with Crippen molar-refractivity contribution in [2.75, 3.05) is 11.9 Å². The molecule has 1 N–H and O–H groups in total. The molecule has 0 bridgehead atoms. The third-order valence-electron chi connectivity index (χ3n) is 6.19. The van der Waals surface area contributed by atoms with Gasteiger partial charge >= 0.3 is 5.97 Å². The van der Waals surface area contributed by atoms with Crippen LogP contribution in [0.2, 0.25) is 0 Å². The Morgan fingerprint density at radius 2 is 1.92 bits per heavy atom. The molecular weight excluding hydrogens is 452 g/mol. The van der Waals surface area contributed by atoms with Crippen molar-refractivity contribution < 1.29 is 9.53 Å². The number of carbonyl (C=O) groups excluding carboxylic acids is 1. The smallest absolute Gasteiger partial charge is 0.306 e. The molecule has 0 amide bonds. The number of hydrogen-bond donors (Lipinski definition) is 1. The lowest BCUT2D eigenvalue weighted by molar-refractivity contribution is -0.154. The first-order valence-electron chi connectivity index (χ1n) is 12.6. The van der Waals surface area contributed by atoms with Crippen molar-refractivity contribution in [1.82, 2.24) is 19.6 Å². The van der Waals surface area contributed by atoms with E-state index < -0.39 is 5.60 Å². The number of unbranched alkanes of at least 4 members (excludes halogenated alkanes) is 2. The van der Waals surface area contributed by atoms with Crippen molar-refractivity contribution >= 4 is 39.9 Å². The summed E-state index contributed by atoms with van der Waals surface area (Å²) in [5, 5.41) is 12.1. The average molecular weight is 485 g/mol. The molecule has 0 saturated carbocycles. The Balaban J connectivity index is 1.30. The van der Waals surface area contributed by atoms with Gasteiger partial charge < -0.3 is 10.1 Å². The maximum atomic E-state index is 11.9. The van der Waals surface area contributed by atoms with E-state index in [-0.39, 0.29) is 5.97 Å². The number of hydrogen-bond acceptors (Lipinski definition) is 7. The first kappa shape index (κ1) is 23.9. The van der Waals surface area contributed by atoms with Gasteiger partial charge in [-0.3, -0.25) is 14.2 Å². The van der Waals surface area contributed by atoms with Crippen LogP contribution < -0.4 is 5.32 Å². The SMILES string of the molecule is Cc1nnc2c(NCCCCCC(=O)OC(C)(C)C)nc3cc(C4=Nc5ccccc5C4)ccc3n12. The fraction of sp³-hybridized carbons (Fsp3) is 0.393. The number of aryl methyl sites for hydroxylation is 1. The molecule has 186 valence electrons. The third-order valence-corrected chi connectivity index (χ3v) is 6.19. The maximum absolute atomic E-state index is 11.9. The summed E-state index contributed by atoms with van der Waals surface area (Å²) in [6, 6.07) is 14.5. The molecule has 0 aliphatic carbocycles. The quantitative estimate of drug-likeness (QED) is 0.259. The Hall–Kier alpha value is -3.81. The Labute approximate surface area is 210 Å². The minimum Gasteiger partial charge on any atom is -0.460 e. The number of para-hydroxylation sites is 1. The molecule has 0 saturated heterocycles. The van der Waals surface area contributed by atoms with E-state index in [2.05, 4.69) is 51.9 Å². The van der Waals surface area contributed by atoms with Crippen LogP contribution in [-0.2, 0) is 16.0 Å². The van der Waals surface area contributed by atoms with Crippen LogP contribution in [0.5, 0.6) is 0 Å². The second-order valence-corrected chi connectivity index (χ2v) is 10.3. The van der Waals surface area contributed by atoms with Gasteiger partial charge in [0.05, 0.1) is 22.4 Å². The molecule has 0 radical (unpaired) electrons. The van der Waals surface area contributed by atoms with Gasteiger partial charge in [-0.2, -0.15) is 0 Å². The normalized spacial score (nSPS) is 13.2. The molecule has 8 nitrogen and oxygen atoms in total. The van der Waals surface area contributed by atoms with E-state index in [4.69, 9.17) is 14.7 Å². The molecule has 0 spiro atoms. The number of carbonyl (C=O) groups is 1. The molecule has 2 aromatic carbocycles. The topological polar surface area (TPSA) is 93.8 Å². The number of esters is 1. The third kappa shape index (κ3) is 5.08. The molecule has 0 unspecified atom stereocenters. The van der Waals surface area contributed by atoms with Crippen LogP contribution in [0, 0.1) is 6.92 Å². The zero-order valence-corrected chi connectivity index (χ0v) is 21.3. The summed E-state index contributed by atoms with van der Waals surface area (Å²) in [5.41, 5.74) is 6.54. The highest BCUT2D eigenvalue weighted by Crippen LogP contribution is 2.30. The highest BCUT2D eigenvalue weighted by molar-refractivity contribution is 6.08. The first-order valence-corrected chi connectivity index (χ1v) is 12.6. The van der Waals surface area contributed by atoms with Gasteiger partial charge in [0.15, 0.2) is 5.82 Å². The first-order chi connectivity index (χ1) is 17.3. The summed E-state index contributed by atoms with van der Waals surface area (Å²) < 4.78 is 7.42. The van der Waals surface area contributed by atoms with Gasteiger partial charge in [0.2, 0.25) is 5.65 Å². The van der Waals surface area contributed by atoms with Crippen LogP contribution in [0.1, 0.15) is 63.4 Å². The second-order valence-electron chi connectivity index (χ2n) is 10.3. The predicted molar refractivity (Wildman–Crippen MR) is 142 cm³/mol. The Morgan fingerprint density at radius 3 is 2.72 bits per heavy atom. The zero-order valence-electron chi connectivity index (χ0n) is 21.3. The van der Waals surface area contributed by atoms with Crippen molar-refractivity contribution in [3.63, 3.8) is 0 Å². The maximum Gasteiger partial charge on any atom is 0.306 e. The van der Waals surface area contributed by atoms with E-state index >= 15 is 0 Å². The summed E-state index contributed by atoms with van der Waals surface area (Å²) in [7, 11) is 0.